The number of rotatable bonds is 6. The zero-order valence-electron chi connectivity index (χ0n) is 14.8. The molecule has 2 nitrogen and oxygen atoms in total. The lowest BCUT2D eigenvalue weighted by Gasteiger charge is -2.44. The van der Waals surface area contributed by atoms with E-state index in [-0.39, 0.29) is 5.60 Å². The predicted molar refractivity (Wildman–Crippen MR) is 90.6 cm³/mol. The van der Waals surface area contributed by atoms with Gasteiger partial charge in [-0.05, 0) is 75.7 Å². The maximum absolute atomic E-state index is 6.75. The molecule has 1 N–H and O–H groups in total. The van der Waals surface area contributed by atoms with Gasteiger partial charge in [0.25, 0.3) is 0 Å². The molecule has 0 aromatic heterocycles. The van der Waals surface area contributed by atoms with Crippen molar-refractivity contribution in [2.24, 2.45) is 11.3 Å². The summed E-state index contributed by atoms with van der Waals surface area (Å²) >= 11 is 0. The smallest absolute Gasteiger partial charge is 0.0810 e. The summed E-state index contributed by atoms with van der Waals surface area (Å²) in [5.74, 6) is 0.887. The molecule has 0 spiro atoms. The lowest BCUT2D eigenvalue weighted by atomic mass is 9.75. The molecule has 0 saturated heterocycles. The summed E-state index contributed by atoms with van der Waals surface area (Å²) in [4.78, 5) is 0. The third-order valence-electron chi connectivity index (χ3n) is 5.76. The highest BCUT2D eigenvalue weighted by molar-refractivity contribution is 4.91. The maximum Gasteiger partial charge on any atom is 0.0810 e. The van der Waals surface area contributed by atoms with Crippen molar-refractivity contribution < 1.29 is 4.74 Å². The number of nitrogens with one attached hydrogen (secondary N) is 1. The topological polar surface area (TPSA) is 21.3 Å². The minimum Gasteiger partial charge on any atom is -0.370 e. The molecule has 0 aromatic rings. The molecule has 2 heteroatoms. The number of ether oxygens (including phenoxy) is 1. The first kappa shape index (κ1) is 17.3. The molecule has 0 radical (unpaired) electrons. The van der Waals surface area contributed by atoms with Crippen molar-refractivity contribution in [1.82, 2.24) is 5.32 Å². The molecule has 124 valence electrons. The predicted octanol–water partition coefficient (Wildman–Crippen LogP) is 4.92. The zero-order valence-corrected chi connectivity index (χ0v) is 14.8. The van der Waals surface area contributed by atoms with Crippen molar-refractivity contribution in [3.8, 4) is 0 Å². The van der Waals surface area contributed by atoms with Gasteiger partial charge in [-0.1, -0.05) is 27.7 Å². The third-order valence-corrected chi connectivity index (χ3v) is 5.76. The summed E-state index contributed by atoms with van der Waals surface area (Å²) in [7, 11) is 0. The molecule has 2 saturated carbocycles. The molecular formula is C19H37NO. The molecule has 0 atom stereocenters. The lowest BCUT2D eigenvalue weighted by molar-refractivity contribution is -0.133. The Hall–Kier alpha value is -0.0800. The molecule has 2 aliphatic carbocycles. The third kappa shape index (κ3) is 5.25. The highest BCUT2D eigenvalue weighted by Crippen LogP contribution is 2.41. The normalized spacial score (nSPS) is 34.0. The summed E-state index contributed by atoms with van der Waals surface area (Å²) in [6, 6.07) is 0. The van der Waals surface area contributed by atoms with E-state index >= 15 is 0 Å². The first-order valence-electron chi connectivity index (χ1n) is 9.33. The van der Waals surface area contributed by atoms with E-state index in [9.17, 15) is 0 Å². The molecule has 0 amide bonds. The fourth-order valence-electron chi connectivity index (χ4n) is 3.96. The minimum absolute atomic E-state index is 0.133. The second-order valence-corrected chi connectivity index (χ2v) is 8.52. The van der Waals surface area contributed by atoms with E-state index in [1.165, 1.54) is 57.8 Å². The Morgan fingerprint density at radius 1 is 1.00 bits per heavy atom. The SMILES string of the molecule is CCCNCC1(OC2CCC(C)(C)CC2)CCC(C)CC1. The monoisotopic (exact) mass is 295 g/mol. The second-order valence-electron chi connectivity index (χ2n) is 8.52. The van der Waals surface area contributed by atoms with E-state index in [1.807, 2.05) is 0 Å². The van der Waals surface area contributed by atoms with Gasteiger partial charge < -0.3 is 10.1 Å². The largest absolute Gasteiger partial charge is 0.370 e. The van der Waals surface area contributed by atoms with Crippen LogP contribution in [0.5, 0.6) is 0 Å². The summed E-state index contributed by atoms with van der Waals surface area (Å²) in [5, 5.41) is 3.64. The molecule has 21 heavy (non-hydrogen) atoms. The van der Waals surface area contributed by atoms with Crippen LogP contribution < -0.4 is 5.32 Å². The molecule has 0 aliphatic heterocycles. The molecule has 0 bridgehead atoms. The summed E-state index contributed by atoms with van der Waals surface area (Å²) in [5.41, 5.74) is 0.669. The molecule has 0 heterocycles. The quantitative estimate of drug-likeness (QED) is 0.702. The Morgan fingerprint density at radius 2 is 1.62 bits per heavy atom. The first-order chi connectivity index (χ1) is 9.95. The van der Waals surface area contributed by atoms with Crippen LogP contribution in [0.1, 0.15) is 85.5 Å². The zero-order chi connectivity index (χ0) is 15.3. The average Bonchev–Trinajstić information content (AvgIpc) is 2.45. The fraction of sp³-hybridized carbons (Fsp3) is 1.00. The number of hydrogen-bond acceptors (Lipinski definition) is 2. The van der Waals surface area contributed by atoms with Gasteiger partial charge in [-0.2, -0.15) is 0 Å². The van der Waals surface area contributed by atoms with Crippen LogP contribution in [0.3, 0.4) is 0 Å². The van der Waals surface area contributed by atoms with Crippen molar-refractivity contribution in [3.63, 3.8) is 0 Å². The van der Waals surface area contributed by atoms with Crippen LogP contribution in [-0.2, 0) is 4.74 Å². The van der Waals surface area contributed by atoms with E-state index in [2.05, 4.69) is 33.0 Å². The molecule has 0 aromatic carbocycles. The lowest BCUT2D eigenvalue weighted by Crippen LogP contribution is -2.48. The van der Waals surface area contributed by atoms with Crippen LogP contribution in [0, 0.1) is 11.3 Å². The Kier molecular flexibility index (Phi) is 6.14. The van der Waals surface area contributed by atoms with Crippen molar-refractivity contribution >= 4 is 0 Å². The standard InChI is InChI=1S/C19H37NO/c1-5-14-20-15-19(12-6-16(2)7-13-19)21-17-8-10-18(3,4)11-9-17/h16-17,20H,5-15H2,1-4H3. The van der Waals surface area contributed by atoms with Gasteiger partial charge in [-0.3, -0.25) is 0 Å². The van der Waals surface area contributed by atoms with Crippen LogP contribution in [0.15, 0.2) is 0 Å². The summed E-state index contributed by atoms with van der Waals surface area (Å²) in [6.07, 6.45) is 12.1. The summed E-state index contributed by atoms with van der Waals surface area (Å²) < 4.78 is 6.75. The van der Waals surface area contributed by atoms with Gasteiger partial charge in [0.15, 0.2) is 0 Å². The van der Waals surface area contributed by atoms with Crippen molar-refractivity contribution in [3.05, 3.63) is 0 Å². The van der Waals surface area contributed by atoms with Gasteiger partial charge in [0.05, 0.1) is 11.7 Å². The minimum atomic E-state index is 0.133. The van der Waals surface area contributed by atoms with Crippen LogP contribution in [0.4, 0.5) is 0 Å². The van der Waals surface area contributed by atoms with E-state index in [0.717, 1.165) is 19.0 Å². The fourth-order valence-corrected chi connectivity index (χ4v) is 3.96. The second kappa shape index (κ2) is 7.46. The Labute approximate surface area is 132 Å². The Bertz CT molecular complexity index is 295. The van der Waals surface area contributed by atoms with Gasteiger partial charge in [0.1, 0.15) is 0 Å². The van der Waals surface area contributed by atoms with E-state index in [0.29, 0.717) is 11.5 Å². The van der Waals surface area contributed by atoms with Crippen molar-refractivity contribution in [2.45, 2.75) is 97.2 Å². The Balaban J connectivity index is 1.89. The highest BCUT2D eigenvalue weighted by atomic mass is 16.5. The van der Waals surface area contributed by atoms with Gasteiger partial charge in [-0.25, -0.2) is 0 Å². The molecule has 0 unspecified atom stereocenters. The summed E-state index contributed by atoms with van der Waals surface area (Å²) in [6.45, 7) is 11.6. The van der Waals surface area contributed by atoms with Gasteiger partial charge in [-0.15, -0.1) is 0 Å². The maximum atomic E-state index is 6.75. The molecule has 2 fully saturated rings. The highest BCUT2D eigenvalue weighted by Gasteiger charge is 2.38. The average molecular weight is 296 g/mol. The van der Waals surface area contributed by atoms with Gasteiger partial charge in [0, 0.05) is 6.54 Å². The number of hydrogen-bond donors (Lipinski definition) is 1. The van der Waals surface area contributed by atoms with Gasteiger partial charge in [0.2, 0.25) is 0 Å². The molecule has 2 rings (SSSR count). The van der Waals surface area contributed by atoms with E-state index in [4.69, 9.17) is 4.74 Å². The molecule has 2 aliphatic rings. The van der Waals surface area contributed by atoms with Crippen molar-refractivity contribution in [2.75, 3.05) is 13.1 Å². The first-order valence-corrected chi connectivity index (χ1v) is 9.33. The van der Waals surface area contributed by atoms with Crippen LogP contribution in [-0.4, -0.2) is 24.8 Å². The Morgan fingerprint density at radius 3 is 2.19 bits per heavy atom. The van der Waals surface area contributed by atoms with Crippen LogP contribution in [0.25, 0.3) is 0 Å². The van der Waals surface area contributed by atoms with Gasteiger partial charge >= 0.3 is 0 Å². The van der Waals surface area contributed by atoms with Crippen molar-refractivity contribution in [1.29, 1.82) is 0 Å². The molecular weight excluding hydrogens is 258 g/mol. The van der Waals surface area contributed by atoms with Crippen LogP contribution >= 0.6 is 0 Å². The van der Waals surface area contributed by atoms with E-state index in [1.54, 1.807) is 0 Å². The van der Waals surface area contributed by atoms with Crippen LogP contribution in [0.2, 0.25) is 0 Å². The van der Waals surface area contributed by atoms with E-state index < -0.39 is 0 Å².